The third kappa shape index (κ3) is 3.12. The fraction of sp³-hybridized carbons (Fsp3) is 0.600. The van der Waals surface area contributed by atoms with Crippen molar-refractivity contribution in [2.24, 2.45) is 0 Å². The van der Waals surface area contributed by atoms with Gasteiger partial charge >= 0.3 is 0 Å². The van der Waals surface area contributed by atoms with E-state index in [-0.39, 0.29) is 0 Å². The van der Waals surface area contributed by atoms with Crippen LogP contribution in [0.25, 0.3) is 0 Å². The van der Waals surface area contributed by atoms with E-state index in [1.807, 2.05) is 16.7 Å². The van der Waals surface area contributed by atoms with E-state index in [0.29, 0.717) is 6.10 Å². The molecule has 0 bridgehead atoms. The van der Waals surface area contributed by atoms with Gasteiger partial charge in [0.05, 0.1) is 12.2 Å². The molecule has 0 unspecified atom stereocenters. The molecule has 1 saturated heterocycles. The fourth-order valence-corrected chi connectivity index (χ4v) is 4.85. The van der Waals surface area contributed by atoms with E-state index in [4.69, 9.17) is 9.72 Å². The van der Waals surface area contributed by atoms with Crippen LogP contribution in [0.1, 0.15) is 34.8 Å². The van der Waals surface area contributed by atoms with Crippen LogP contribution in [0, 0.1) is 0 Å². The molecule has 1 aliphatic carbocycles. The third-order valence-electron chi connectivity index (χ3n) is 4.21. The monoisotopic (exact) mass is 321 g/mol. The number of piperidine rings is 1. The Labute approximate surface area is 132 Å². The van der Waals surface area contributed by atoms with Gasteiger partial charge in [0.2, 0.25) is 0 Å². The maximum absolute atomic E-state index is 5.91. The van der Waals surface area contributed by atoms with Gasteiger partial charge in [-0.1, -0.05) is 11.3 Å². The molecule has 0 amide bonds. The minimum atomic E-state index is 0.328. The van der Waals surface area contributed by atoms with Gasteiger partial charge in [0, 0.05) is 29.5 Å². The van der Waals surface area contributed by atoms with Gasteiger partial charge in [-0.3, -0.25) is 4.90 Å². The first-order valence-corrected chi connectivity index (χ1v) is 9.32. The summed E-state index contributed by atoms with van der Waals surface area (Å²) in [5.41, 5.74) is 1.37. The van der Waals surface area contributed by atoms with Crippen LogP contribution in [-0.4, -0.2) is 34.1 Å². The van der Waals surface area contributed by atoms with Crippen molar-refractivity contribution in [3.63, 3.8) is 0 Å². The Morgan fingerprint density at radius 3 is 2.95 bits per heavy atom. The summed E-state index contributed by atoms with van der Waals surface area (Å²) >= 11 is 3.51. The van der Waals surface area contributed by atoms with E-state index in [1.54, 1.807) is 17.5 Å². The fourth-order valence-electron chi connectivity index (χ4n) is 3.10. The van der Waals surface area contributed by atoms with Crippen LogP contribution in [-0.2, 0) is 19.4 Å². The Hall–Kier alpha value is -0.980. The zero-order chi connectivity index (χ0) is 14.1. The van der Waals surface area contributed by atoms with E-state index < -0.39 is 0 Å². The number of aromatic nitrogens is 2. The predicted octanol–water partition coefficient (Wildman–Crippen LogP) is 3.13. The Kier molecular flexibility index (Phi) is 3.92. The molecule has 1 aliphatic heterocycles. The van der Waals surface area contributed by atoms with E-state index in [9.17, 15) is 0 Å². The van der Waals surface area contributed by atoms with Crippen molar-refractivity contribution in [3.8, 4) is 5.19 Å². The smallest absolute Gasteiger partial charge is 0.273 e. The molecule has 0 aromatic carbocycles. The molecule has 0 spiro atoms. The third-order valence-corrected chi connectivity index (χ3v) is 6.01. The Balaban J connectivity index is 1.28. The van der Waals surface area contributed by atoms with Crippen molar-refractivity contribution < 1.29 is 4.74 Å². The first-order chi connectivity index (χ1) is 10.4. The van der Waals surface area contributed by atoms with Crippen molar-refractivity contribution in [2.45, 2.75) is 44.8 Å². The molecular formula is C15H19N3OS2. The summed E-state index contributed by atoms with van der Waals surface area (Å²) in [4.78, 5) is 13.0. The molecule has 0 radical (unpaired) electrons. The molecule has 1 fully saturated rings. The van der Waals surface area contributed by atoms with Crippen LogP contribution in [0.2, 0.25) is 0 Å². The molecular weight excluding hydrogens is 302 g/mol. The van der Waals surface area contributed by atoms with Crippen LogP contribution in [0.15, 0.2) is 11.6 Å². The van der Waals surface area contributed by atoms with Crippen LogP contribution in [0.3, 0.4) is 0 Å². The van der Waals surface area contributed by atoms with Crippen molar-refractivity contribution >= 4 is 22.7 Å². The average molecular weight is 321 g/mol. The second kappa shape index (κ2) is 6.02. The summed E-state index contributed by atoms with van der Waals surface area (Å²) in [5.74, 6) is 0. The van der Waals surface area contributed by atoms with Gasteiger partial charge in [-0.15, -0.1) is 11.3 Å². The largest absolute Gasteiger partial charge is 0.467 e. The Bertz CT molecular complexity index is 567. The predicted molar refractivity (Wildman–Crippen MR) is 85.2 cm³/mol. The van der Waals surface area contributed by atoms with Gasteiger partial charge in [0.25, 0.3) is 5.19 Å². The summed E-state index contributed by atoms with van der Waals surface area (Å²) in [6.07, 6.45) is 8.04. The van der Waals surface area contributed by atoms with Gasteiger partial charge in [-0.2, -0.15) is 0 Å². The second-order valence-corrected chi connectivity index (χ2v) is 7.75. The number of rotatable bonds is 4. The van der Waals surface area contributed by atoms with Gasteiger partial charge < -0.3 is 4.74 Å². The van der Waals surface area contributed by atoms with E-state index in [2.05, 4.69) is 9.88 Å². The summed E-state index contributed by atoms with van der Waals surface area (Å²) in [7, 11) is 0. The highest BCUT2D eigenvalue weighted by Crippen LogP contribution is 2.29. The zero-order valence-corrected chi connectivity index (χ0v) is 13.6. The molecule has 2 aromatic rings. The highest BCUT2D eigenvalue weighted by atomic mass is 32.1. The number of fused-ring (bicyclic) bond motifs is 1. The highest BCUT2D eigenvalue weighted by molar-refractivity contribution is 7.11. The quantitative estimate of drug-likeness (QED) is 0.867. The van der Waals surface area contributed by atoms with Crippen LogP contribution in [0.5, 0.6) is 5.19 Å². The van der Waals surface area contributed by atoms with Crippen molar-refractivity contribution in [2.75, 3.05) is 13.1 Å². The molecule has 6 heteroatoms. The maximum Gasteiger partial charge on any atom is 0.273 e. The minimum absolute atomic E-state index is 0.328. The molecule has 4 rings (SSSR count). The zero-order valence-electron chi connectivity index (χ0n) is 12.0. The Morgan fingerprint density at radius 1 is 1.29 bits per heavy atom. The molecule has 4 nitrogen and oxygen atoms in total. The van der Waals surface area contributed by atoms with E-state index in [0.717, 1.165) is 37.7 Å². The topological polar surface area (TPSA) is 38.2 Å². The van der Waals surface area contributed by atoms with Crippen LogP contribution in [0.4, 0.5) is 0 Å². The molecule has 0 atom stereocenters. The molecule has 2 aliphatic rings. The van der Waals surface area contributed by atoms with Crippen LogP contribution >= 0.6 is 22.7 Å². The average Bonchev–Trinajstić information content (AvgIpc) is 3.18. The number of hydrogen-bond acceptors (Lipinski definition) is 6. The summed E-state index contributed by atoms with van der Waals surface area (Å²) < 4.78 is 5.91. The van der Waals surface area contributed by atoms with Gasteiger partial charge in [-0.05, 0) is 32.1 Å². The van der Waals surface area contributed by atoms with E-state index >= 15 is 0 Å². The van der Waals surface area contributed by atoms with Crippen molar-refractivity contribution in [1.82, 2.24) is 14.9 Å². The molecule has 21 heavy (non-hydrogen) atoms. The SMILES string of the molecule is c1csc(OC2CCN(Cc3nc4c(s3)CCC4)CC2)n1. The highest BCUT2D eigenvalue weighted by Gasteiger charge is 2.23. The number of hydrogen-bond donors (Lipinski definition) is 0. The lowest BCUT2D eigenvalue weighted by atomic mass is 10.1. The molecule has 112 valence electrons. The first kappa shape index (κ1) is 13.7. The van der Waals surface area contributed by atoms with E-state index in [1.165, 1.54) is 34.8 Å². The van der Waals surface area contributed by atoms with Crippen molar-refractivity contribution in [1.29, 1.82) is 0 Å². The summed E-state index contributed by atoms with van der Waals surface area (Å²) in [6.45, 7) is 3.21. The van der Waals surface area contributed by atoms with Gasteiger partial charge in [0.1, 0.15) is 11.1 Å². The molecule has 3 heterocycles. The van der Waals surface area contributed by atoms with Crippen molar-refractivity contribution in [3.05, 3.63) is 27.2 Å². The Morgan fingerprint density at radius 2 is 2.19 bits per heavy atom. The lowest BCUT2D eigenvalue weighted by Crippen LogP contribution is -2.37. The first-order valence-electron chi connectivity index (χ1n) is 7.63. The summed E-state index contributed by atoms with van der Waals surface area (Å²) in [6, 6.07) is 0. The molecule has 0 saturated carbocycles. The number of thiazole rings is 2. The lowest BCUT2D eigenvalue weighted by molar-refractivity contribution is 0.0965. The minimum Gasteiger partial charge on any atom is -0.467 e. The second-order valence-electron chi connectivity index (χ2n) is 5.72. The van der Waals surface area contributed by atoms with Gasteiger partial charge in [-0.25, -0.2) is 9.97 Å². The normalized spacial score (nSPS) is 19.8. The number of nitrogens with zero attached hydrogens (tertiary/aromatic N) is 3. The molecule has 2 aromatic heterocycles. The number of aryl methyl sites for hydroxylation is 2. The summed E-state index contributed by atoms with van der Waals surface area (Å²) in [5, 5.41) is 4.08. The number of likely N-dealkylation sites (tertiary alicyclic amines) is 1. The van der Waals surface area contributed by atoms with Gasteiger partial charge in [0.15, 0.2) is 0 Å². The molecule has 0 N–H and O–H groups in total. The lowest BCUT2D eigenvalue weighted by Gasteiger charge is -2.30. The standard InChI is InChI=1S/C15H19N3OS2/c1-2-12-13(3-1)21-14(17-12)10-18-7-4-11(5-8-18)19-15-16-6-9-20-15/h6,9,11H,1-5,7-8,10H2. The van der Waals surface area contributed by atoms with Crippen LogP contribution < -0.4 is 4.74 Å². The number of ether oxygens (including phenoxy) is 1. The maximum atomic E-state index is 5.91.